The van der Waals surface area contributed by atoms with Crippen LogP contribution >= 0.6 is 0 Å². The van der Waals surface area contributed by atoms with E-state index in [1.165, 1.54) is 18.5 Å². The first-order valence-electron chi connectivity index (χ1n) is 8.19. The minimum Gasteiger partial charge on any atom is -0.454 e. The van der Waals surface area contributed by atoms with Gasteiger partial charge in [-0.2, -0.15) is 0 Å². The molecule has 1 amide bonds. The Balaban J connectivity index is 1.38. The van der Waals surface area contributed by atoms with E-state index in [1.54, 1.807) is 36.4 Å². The Morgan fingerprint density at radius 2 is 1.93 bits per heavy atom. The molecule has 0 bridgehead atoms. The van der Waals surface area contributed by atoms with Crippen molar-refractivity contribution in [2.45, 2.75) is 6.54 Å². The van der Waals surface area contributed by atoms with Crippen LogP contribution < -0.4 is 20.1 Å². The number of hydrogen-bond donors (Lipinski definition) is 2. The van der Waals surface area contributed by atoms with Crippen LogP contribution in [-0.4, -0.2) is 22.7 Å². The maximum absolute atomic E-state index is 13.6. The van der Waals surface area contributed by atoms with E-state index in [-0.39, 0.29) is 24.8 Å². The van der Waals surface area contributed by atoms with Crippen LogP contribution in [0.25, 0.3) is 0 Å². The zero-order valence-corrected chi connectivity index (χ0v) is 14.1. The number of carbonyl (C=O) groups excluding carboxylic acids is 1. The third-order valence-corrected chi connectivity index (χ3v) is 3.93. The molecule has 27 heavy (non-hydrogen) atoms. The molecule has 0 saturated heterocycles. The van der Waals surface area contributed by atoms with Crippen LogP contribution in [0.3, 0.4) is 0 Å². The molecule has 0 spiro atoms. The number of rotatable bonds is 5. The highest BCUT2D eigenvalue weighted by molar-refractivity contribution is 6.02. The lowest BCUT2D eigenvalue weighted by Gasteiger charge is -2.08. The largest absolute Gasteiger partial charge is 0.454 e. The fourth-order valence-corrected chi connectivity index (χ4v) is 2.53. The second-order valence-electron chi connectivity index (χ2n) is 5.75. The maximum atomic E-state index is 13.6. The van der Waals surface area contributed by atoms with Crippen molar-refractivity contribution in [2.24, 2.45) is 0 Å². The van der Waals surface area contributed by atoms with Crippen LogP contribution in [0.15, 0.2) is 54.9 Å². The summed E-state index contributed by atoms with van der Waals surface area (Å²) in [7, 11) is 0. The minimum atomic E-state index is -0.401. The molecule has 0 saturated carbocycles. The van der Waals surface area contributed by atoms with Crippen LogP contribution in [0.4, 0.5) is 15.9 Å². The average Bonchev–Trinajstić information content (AvgIpc) is 3.15. The van der Waals surface area contributed by atoms with Gasteiger partial charge in [-0.3, -0.25) is 4.79 Å². The summed E-state index contributed by atoms with van der Waals surface area (Å²) in [4.78, 5) is 20.5. The monoisotopic (exact) mass is 366 g/mol. The molecule has 0 unspecified atom stereocenters. The van der Waals surface area contributed by atoms with Crippen LogP contribution in [0.5, 0.6) is 11.5 Å². The lowest BCUT2D eigenvalue weighted by atomic mass is 10.2. The van der Waals surface area contributed by atoms with Gasteiger partial charge in [-0.05, 0) is 18.2 Å². The van der Waals surface area contributed by atoms with E-state index in [0.29, 0.717) is 28.6 Å². The fourth-order valence-electron chi connectivity index (χ4n) is 2.53. The molecule has 4 rings (SSSR count). The van der Waals surface area contributed by atoms with Gasteiger partial charge in [-0.25, -0.2) is 14.4 Å². The number of nitrogens with zero attached hydrogens (tertiary/aromatic N) is 2. The van der Waals surface area contributed by atoms with Gasteiger partial charge in [0.2, 0.25) is 6.79 Å². The van der Waals surface area contributed by atoms with Crippen molar-refractivity contribution >= 4 is 17.4 Å². The second-order valence-corrected chi connectivity index (χ2v) is 5.75. The summed E-state index contributed by atoms with van der Waals surface area (Å²) in [5, 5.41) is 5.70. The summed E-state index contributed by atoms with van der Waals surface area (Å²) in [5.74, 6) is 0.960. The van der Waals surface area contributed by atoms with Crippen LogP contribution in [0.2, 0.25) is 0 Å². The van der Waals surface area contributed by atoms with Gasteiger partial charge in [-0.15, -0.1) is 0 Å². The molecule has 8 heteroatoms. The molecule has 2 N–H and O–H groups in total. The van der Waals surface area contributed by atoms with Gasteiger partial charge in [0.05, 0.1) is 12.4 Å². The molecule has 1 aromatic heterocycles. The SMILES string of the molecule is O=C(Nc1ccc2c(c1)OCO2)c1cnc(NCc2ccccc2F)cn1. The number of amides is 1. The Labute approximate surface area is 154 Å². The van der Waals surface area contributed by atoms with Gasteiger partial charge >= 0.3 is 0 Å². The number of ether oxygens (including phenoxy) is 2. The van der Waals surface area contributed by atoms with Gasteiger partial charge in [0, 0.05) is 23.9 Å². The van der Waals surface area contributed by atoms with Crippen molar-refractivity contribution < 1.29 is 18.7 Å². The van der Waals surface area contributed by atoms with E-state index >= 15 is 0 Å². The second kappa shape index (κ2) is 7.28. The normalized spacial score (nSPS) is 11.9. The van der Waals surface area contributed by atoms with E-state index < -0.39 is 5.91 Å². The Morgan fingerprint density at radius 3 is 2.74 bits per heavy atom. The summed E-state index contributed by atoms with van der Waals surface area (Å²) in [6, 6.07) is 11.6. The van der Waals surface area contributed by atoms with Crippen molar-refractivity contribution in [2.75, 3.05) is 17.4 Å². The van der Waals surface area contributed by atoms with Crippen molar-refractivity contribution in [3.63, 3.8) is 0 Å². The zero-order chi connectivity index (χ0) is 18.6. The quantitative estimate of drug-likeness (QED) is 0.721. The molecular weight excluding hydrogens is 351 g/mol. The molecule has 3 aromatic rings. The van der Waals surface area contributed by atoms with Gasteiger partial charge in [0.25, 0.3) is 5.91 Å². The molecule has 2 heterocycles. The first-order valence-corrected chi connectivity index (χ1v) is 8.19. The van der Waals surface area contributed by atoms with Crippen LogP contribution in [-0.2, 0) is 6.54 Å². The lowest BCUT2D eigenvalue weighted by molar-refractivity contribution is 0.102. The van der Waals surface area contributed by atoms with E-state index in [0.717, 1.165) is 0 Å². The van der Waals surface area contributed by atoms with Gasteiger partial charge < -0.3 is 20.1 Å². The van der Waals surface area contributed by atoms with E-state index in [1.807, 2.05) is 0 Å². The number of nitrogens with one attached hydrogen (secondary N) is 2. The Hall–Kier alpha value is -3.68. The maximum Gasteiger partial charge on any atom is 0.275 e. The smallest absolute Gasteiger partial charge is 0.275 e. The number of aromatic nitrogens is 2. The van der Waals surface area contributed by atoms with Gasteiger partial charge in [-0.1, -0.05) is 18.2 Å². The molecule has 1 aliphatic heterocycles. The Morgan fingerprint density at radius 1 is 1.07 bits per heavy atom. The molecular formula is C19H15FN4O3. The van der Waals surface area contributed by atoms with Crippen LogP contribution in [0.1, 0.15) is 16.1 Å². The van der Waals surface area contributed by atoms with Gasteiger partial charge in [0.1, 0.15) is 17.3 Å². The standard InChI is InChI=1S/C19H15FN4O3/c20-14-4-2-1-3-12(14)8-22-18-10-21-15(9-23-18)19(25)24-13-5-6-16-17(7-13)27-11-26-16/h1-7,9-10H,8,11H2,(H,22,23)(H,24,25). The van der Waals surface area contributed by atoms with E-state index in [9.17, 15) is 9.18 Å². The predicted molar refractivity (Wildman–Crippen MR) is 96.3 cm³/mol. The topological polar surface area (TPSA) is 85.4 Å². The number of carbonyl (C=O) groups is 1. The number of halogens is 1. The van der Waals surface area contributed by atoms with Crippen molar-refractivity contribution in [3.05, 3.63) is 71.9 Å². The molecule has 7 nitrogen and oxygen atoms in total. The summed E-state index contributed by atoms with van der Waals surface area (Å²) >= 11 is 0. The van der Waals surface area contributed by atoms with E-state index in [4.69, 9.17) is 9.47 Å². The number of fused-ring (bicyclic) bond motifs is 1. The number of anilines is 2. The van der Waals surface area contributed by atoms with Gasteiger partial charge in [0.15, 0.2) is 11.5 Å². The molecule has 0 aliphatic carbocycles. The van der Waals surface area contributed by atoms with Crippen molar-refractivity contribution in [1.29, 1.82) is 0 Å². The Kier molecular flexibility index (Phi) is 4.52. The van der Waals surface area contributed by atoms with Crippen LogP contribution in [0, 0.1) is 5.82 Å². The molecule has 0 atom stereocenters. The molecule has 0 radical (unpaired) electrons. The summed E-state index contributed by atoms with van der Waals surface area (Å²) in [6.45, 7) is 0.434. The highest BCUT2D eigenvalue weighted by atomic mass is 19.1. The van der Waals surface area contributed by atoms with Crippen molar-refractivity contribution in [3.8, 4) is 11.5 Å². The Bertz CT molecular complexity index is 979. The zero-order valence-electron chi connectivity index (χ0n) is 14.1. The third kappa shape index (κ3) is 3.79. The third-order valence-electron chi connectivity index (χ3n) is 3.93. The highest BCUT2D eigenvalue weighted by Gasteiger charge is 2.15. The highest BCUT2D eigenvalue weighted by Crippen LogP contribution is 2.34. The predicted octanol–water partition coefficient (Wildman–Crippen LogP) is 3.21. The average molecular weight is 366 g/mol. The summed E-state index contributed by atoms with van der Waals surface area (Å²) in [5.41, 5.74) is 1.24. The molecule has 0 fully saturated rings. The number of hydrogen-bond acceptors (Lipinski definition) is 6. The molecule has 1 aliphatic rings. The van der Waals surface area contributed by atoms with Crippen molar-refractivity contribution in [1.82, 2.24) is 9.97 Å². The first kappa shape index (κ1) is 16.8. The van der Waals surface area contributed by atoms with E-state index in [2.05, 4.69) is 20.6 Å². The summed E-state index contributed by atoms with van der Waals surface area (Å²) in [6.07, 6.45) is 2.78. The lowest BCUT2D eigenvalue weighted by Crippen LogP contribution is -2.14. The molecule has 2 aromatic carbocycles. The number of benzene rings is 2. The summed E-state index contributed by atoms with van der Waals surface area (Å²) < 4.78 is 24.1. The fraction of sp³-hybridized carbons (Fsp3) is 0.105. The molecule has 136 valence electrons. The first-order chi connectivity index (χ1) is 13.2. The minimum absolute atomic E-state index is 0.157.